The van der Waals surface area contributed by atoms with Crippen LogP contribution in [-0.4, -0.2) is 9.55 Å². The van der Waals surface area contributed by atoms with Crippen molar-refractivity contribution in [1.82, 2.24) is 9.55 Å². The van der Waals surface area contributed by atoms with Gasteiger partial charge in [0, 0.05) is 78.3 Å². The van der Waals surface area contributed by atoms with Crippen LogP contribution < -0.4 is 25.1 Å². The van der Waals surface area contributed by atoms with Crippen molar-refractivity contribution < 1.29 is 25.8 Å². The maximum absolute atomic E-state index is 6.95. The van der Waals surface area contributed by atoms with Crippen molar-refractivity contribution in [2.75, 3.05) is 9.80 Å². The van der Waals surface area contributed by atoms with Gasteiger partial charge in [-0.3, -0.25) is 0 Å². The summed E-state index contributed by atoms with van der Waals surface area (Å²) in [5.41, 5.74) is 14.0. The quantitative estimate of drug-likeness (QED) is 0.112. The van der Waals surface area contributed by atoms with Crippen LogP contribution in [0.1, 0.15) is 49.7 Å². The Morgan fingerprint density at radius 2 is 1.32 bits per heavy atom. The van der Waals surface area contributed by atoms with Gasteiger partial charge in [0.25, 0.3) is 0 Å². The number of rotatable bonds is 8. The van der Waals surface area contributed by atoms with Gasteiger partial charge in [0.15, 0.2) is 0 Å². The molecule has 9 aromatic rings. The van der Waals surface area contributed by atoms with Crippen LogP contribution >= 0.6 is 7.92 Å². The first-order chi connectivity index (χ1) is 31.4. The standard InChI is InChI=1S/C58H44N4OP.Pt/c1-58(2,3)41-32-33-59-54(34-41)62-50-30-17-31-52-55(50)56-51(62)36-44(37-53(56)64(52)45-24-11-6-12-25-45)63-43-23-15-22-42(35-43)60-38-61(49-29-14-13-28-48(49)60)57-46(39-18-7-4-8-19-39)26-16-27-47(57)40-20-9-5-10-21-40;/h4-30,32-34,37-38,52H,31H2,1-3H3;/q-3;. The zero-order chi connectivity index (χ0) is 42.9. The molecular formula is C58H44N4OPPt-3. The van der Waals surface area contributed by atoms with E-state index >= 15 is 0 Å². The van der Waals surface area contributed by atoms with Crippen molar-refractivity contribution >= 4 is 58.3 Å². The van der Waals surface area contributed by atoms with Crippen LogP contribution in [0.4, 0.5) is 22.7 Å². The second-order valence-corrected chi connectivity index (χ2v) is 20.0. The monoisotopic (exact) mass is 1040 g/mol. The van der Waals surface area contributed by atoms with Gasteiger partial charge in [-0.15, -0.1) is 48.0 Å². The molecule has 2 atom stereocenters. The van der Waals surface area contributed by atoms with Crippen molar-refractivity contribution in [3.05, 3.63) is 218 Å². The van der Waals surface area contributed by atoms with E-state index in [1.807, 2.05) is 12.3 Å². The number of para-hydroxylation sites is 3. The summed E-state index contributed by atoms with van der Waals surface area (Å²) >= 11 is 0. The van der Waals surface area contributed by atoms with Gasteiger partial charge in [-0.2, -0.15) is 6.07 Å². The second-order valence-electron chi connectivity index (χ2n) is 17.7. The molecule has 2 unspecified atom stereocenters. The fraction of sp³-hybridized carbons (Fsp3) is 0.103. The van der Waals surface area contributed by atoms with Crippen LogP contribution in [0, 0.1) is 18.8 Å². The van der Waals surface area contributed by atoms with E-state index in [1.54, 1.807) is 0 Å². The van der Waals surface area contributed by atoms with Gasteiger partial charge < -0.3 is 19.1 Å². The Kier molecular flexibility index (Phi) is 10.5. The number of aromatic nitrogens is 2. The van der Waals surface area contributed by atoms with Gasteiger partial charge in [0.2, 0.25) is 0 Å². The molecule has 320 valence electrons. The van der Waals surface area contributed by atoms with Crippen LogP contribution in [0.2, 0.25) is 0 Å². The molecule has 2 aliphatic heterocycles. The number of pyridine rings is 1. The van der Waals surface area contributed by atoms with E-state index in [0.717, 1.165) is 62.8 Å². The van der Waals surface area contributed by atoms with Crippen LogP contribution in [-0.2, 0) is 26.5 Å². The maximum atomic E-state index is 6.95. The topological polar surface area (TPSA) is 33.5 Å². The molecule has 0 N–H and O–H groups in total. The third-order valence-electron chi connectivity index (χ3n) is 12.7. The van der Waals surface area contributed by atoms with Crippen molar-refractivity contribution in [3.63, 3.8) is 0 Å². The summed E-state index contributed by atoms with van der Waals surface area (Å²) in [4.78, 5) is 9.54. The fourth-order valence-electron chi connectivity index (χ4n) is 9.80. The molecule has 5 nitrogen and oxygen atoms in total. The van der Waals surface area contributed by atoms with Gasteiger partial charge in [-0.05, 0) is 64.2 Å². The Hall–Kier alpha value is -6.51. The number of nitrogens with zero attached hydrogens (tertiary/aromatic N) is 4. The molecule has 0 saturated carbocycles. The van der Waals surface area contributed by atoms with Crippen LogP contribution in [0.5, 0.6) is 11.5 Å². The molecule has 0 amide bonds. The van der Waals surface area contributed by atoms with E-state index in [2.05, 4.69) is 230 Å². The maximum Gasteiger partial charge on any atom is 0.135 e. The van der Waals surface area contributed by atoms with E-state index in [1.165, 1.54) is 32.8 Å². The minimum Gasteiger partial charge on any atom is -0.509 e. The van der Waals surface area contributed by atoms with Gasteiger partial charge in [0.05, 0.1) is 0 Å². The fourth-order valence-corrected chi connectivity index (χ4v) is 12.8. The molecule has 1 aliphatic carbocycles. The molecule has 4 heterocycles. The predicted octanol–water partition coefficient (Wildman–Crippen LogP) is 14.4. The van der Waals surface area contributed by atoms with Gasteiger partial charge >= 0.3 is 0 Å². The summed E-state index contributed by atoms with van der Waals surface area (Å²) in [6, 6.07) is 67.8. The molecule has 0 bridgehead atoms. The van der Waals surface area contributed by atoms with Crippen molar-refractivity contribution in [2.24, 2.45) is 0 Å². The second kappa shape index (κ2) is 16.5. The Morgan fingerprint density at radius 1 is 0.677 bits per heavy atom. The Labute approximate surface area is 396 Å². The molecule has 0 saturated heterocycles. The van der Waals surface area contributed by atoms with Crippen LogP contribution in [0.25, 0.3) is 45.1 Å². The summed E-state index contributed by atoms with van der Waals surface area (Å²) < 4.78 is 9.27. The summed E-state index contributed by atoms with van der Waals surface area (Å²) in [7, 11) is -0.697. The number of anilines is 4. The van der Waals surface area contributed by atoms with E-state index in [9.17, 15) is 0 Å². The SMILES string of the molecule is CC(C)(C)c1ccnc(-n2c3c4c5c(cc(Oc6[c-]c(N7[CH-]N(c8c(-c9ccccc9)cccc8-c8ccccc8)c8ccccc87)ccc6)[c-]c52)P(c2ccccc2)C4CC=C3)c1.[Pt]. The third kappa shape index (κ3) is 7.05. The first kappa shape index (κ1) is 41.2. The molecule has 0 fully saturated rings. The summed E-state index contributed by atoms with van der Waals surface area (Å²) in [5, 5.41) is 4.00. The van der Waals surface area contributed by atoms with Gasteiger partial charge in [-0.1, -0.05) is 173 Å². The van der Waals surface area contributed by atoms with E-state index in [4.69, 9.17) is 9.72 Å². The molecule has 7 heteroatoms. The molecule has 0 spiro atoms. The number of ether oxygens (including phenoxy) is 1. The normalized spacial score (nSPS) is 15.9. The summed E-state index contributed by atoms with van der Waals surface area (Å²) in [6.45, 7) is 8.96. The zero-order valence-electron chi connectivity index (χ0n) is 36.2. The number of benzene rings is 7. The minimum atomic E-state index is -0.697. The molecule has 65 heavy (non-hydrogen) atoms. The van der Waals surface area contributed by atoms with E-state index in [0.29, 0.717) is 17.2 Å². The largest absolute Gasteiger partial charge is 0.509 e. The van der Waals surface area contributed by atoms with Crippen molar-refractivity contribution in [2.45, 2.75) is 38.3 Å². The summed E-state index contributed by atoms with van der Waals surface area (Å²) in [5.74, 6) is 2.20. The average molecular weight is 1040 g/mol. The first-order valence-electron chi connectivity index (χ1n) is 22.0. The van der Waals surface area contributed by atoms with E-state index in [-0.39, 0.29) is 26.5 Å². The van der Waals surface area contributed by atoms with Crippen LogP contribution in [0.3, 0.4) is 0 Å². The number of fused-ring (bicyclic) bond motifs is 1. The smallest absolute Gasteiger partial charge is 0.135 e. The average Bonchev–Trinajstić information content (AvgIpc) is 4.00. The molecule has 3 aliphatic rings. The third-order valence-corrected chi connectivity index (χ3v) is 15.6. The van der Waals surface area contributed by atoms with Crippen molar-refractivity contribution in [1.29, 1.82) is 0 Å². The summed E-state index contributed by atoms with van der Waals surface area (Å²) in [6.07, 6.45) is 7.59. The first-order valence-corrected chi connectivity index (χ1v) is 23.4. The Morgan fingerprint density at radius 3 is 2.02 bits per heavy atom. The van der Waals surface area contributed by atoms with Gasteiger partial charge in [-0.25, -0.2) is 4.98 Å². The van der Waals surface area contributed by atoms with Crippen LogP contribution in [0.15, 0.2) is 182 Å². The zero-order valence-corrected chi connectivity index (χ0v) is 39.4. The van der Waals surface area contributed by atoms with Crippen molar-refractivity contribution in [3.8, 4) is 39.6 Å². The Bertz CT molecular complexity index is 3210. The minimum absolute atomic E-state index is 0. The molecule has 2 aromatic heterocycles. The molecule has 7 aromatic carbocycles. The molecule has 12 rings (SSSR count). The number of hydrogen-bond donors (Lipinski definition) is 0. The number of allylic oxidation sites excluding steroid dienone is 1. The predicted molar refractivity (Wildman–Crippen MR) is 265 cm³/mol. The molecular weight excluding hydrogens is 995 g/mol. The molecule has 0 radical (unpaired) electrons. The van der Waals surface area contributed by atoms with E-state index < -0.39 is 7.92 Å². The Balaban J connectivity index is 0.00000469. The van der Waals surface area contributed by atoms with Gasteiger partial charge in [0.1, 0.15) is 5.82 Å². The number of hydrogen-bond acceptors (Lipinski definition) is 4.